The lowest BCUT2D eigenvalue weighted by atomic mass is 10.2. The van der Waals surface area contributed by atoms with Crippen LogP contribution in [0.2, 0.25) is 0 Å². The van der Waals surface area contributed by atoms with Gasteiger partial charge in [0.1, 0.15) is 0 Å². The number of nitrogen functional groups attached to an aromatic ring is 1. The molecule has 0 aromatic heterocycles. The predicted octanol–water partition coefficient (Wildman–Crippen LogP) is 2.39. The molecule has 0 saturated heterocycles. The molecule has 0 spiro atoms. The first-order valence-electron chi connectivity index (χ1n) is 6.48. The van der Waals surface area contributed by atoms with E-state index in [2.05, 4.69) is 5.32 Å². The maximum atomic E-state index is 11.7. The highest BCUT2D eigenvalue weighted by atomic mass is 32.2. The fourth-order valence-corrected chi connectivity index (χ4v) is 3.05. The van der Waals surface area contributed by atoms with Crippen LogP contribution in [0.1, 0.15) is 26.7 Å². The SMILES string of the molecule is CC(C)CS(=O)CCCC(=O)Nc1ccccc1N. The molecule has 0 saturated carbocycles. The minimum absolute atomic E-state index is 0.0838. The molecule has 5 heteroatoms. The van der Waals surface area contributed by atoms with Gasteiger partial charge in [0, 0.05) is 28.7 Å². The second kappa shape index (κ2) is 7.94. The third kappa shape index (κ3) is 6.38. The number of hydrogen-bond donors (Lipinski definition) is 2. The van der Waals surface area contributed by atoms with Gasteiger partial charge in [-0.05, 0) is 24.5 Å². The molecule has 0 aliphatic rings. The summed E-state index contributed by atoms with van der Waals surface area (Å²) in [6, 6.07) is 7.15. The standard InChI is InChI=1S/C14H22N2O2S/c1-11(2)10-19(18)9-5-8-14(17)16-13-7-4-3-6-12(13)15/h3-4,6-7,11H,5,8-10,15H2,1-2H3,(H,16,17). The summed E-state index contributed by atoms with van der Waals surface area (Å²) < 4.78 is 11.6. The fraction of sp³-hybridized carbons (Fsp3) is 0.500. The molecular weight excluding hydrogens is 260 g/mol. The number of amides is 1. The van der Waals surface area contributed by atoms with Gasteiger partial charge in [-0.3, -0.25) is 9.00 Å². The number of nitrogens with one attached hydrogen (secondary N) is 1. The highest BCUT2D eigenvalue weighted by Crippen LogP contribution is 2.16. The molecule has 1 atom stereocenters. The summed E-state index contributed by atoms with van der Waals surface area (Å²) in [5, 5.41) is 2.76. The number of para-hydroxylation sites is 2. The third-order valence-electron chi connectivity index (χ3n) is 2.53. The monoisotopic (exact) mass is 282 g/mol. The van der Waals surface area contributed by atoms with Crippen LogP contribution in [0.25, 0.3) is 0 Å². The van der Waals surface area contributed by atoms with E-state index in [1.807, 2.05) is 26.0 Å². The molecule has 1 aromatic carbocycles. The topological polar surface area (TPSA) is 72.2 Å². The molecule has 1 unspecified atom stereocenters. The largest absolute Gasteiger partial charge is 0.397 e. The van der Waals surface area contributed by atoms with E-state index in [1.54, 1.807) is 12.1 Å². The second-order valence-electron chi connectivity index (χ2n) is 4.94. The third-order valence-corrected chi connectivity index (χ3v) is 4.31. The van der Waals surface area contributed by atoms with E-state index in [0.717, 1.165) is 0 Å². The number of rotatable bonds is 7. The van der Waals surface area contributed by atoms with Crippen molar-refractivity contribution in [2.24, 2.45) is 5.92 Å². The molecule has 0 heterocycles. The Labute approximate surface area is 117 Å². The van der Waals surface area contributed by atoms with E-state index >= 15 is 0 Å². The van der Waals surface area contributed by atoms with Crippen molar-refractivity contribution >= 4 is 28.1 Å². The molecule has 1 amide bonds. The van der Waals surface area contributed by atoms with Crippen LogP contribution < -0.4 is 11.1 Å². The predicted molar refractivity (Wildman–Crippen MR) is 81.4 cm³/mol. The van der Waals surface area contributed by atoms with Crippen molar-refractivity contribution < 1.29 is 9.00 Å². The number of carbonyl (C=O) groups excluding carboxylic acids is 1. The molecule has 0 bridgehead atoms. The fourth-order valence-electron chi connectivity index (χ4n) is 1.67. The van der Waals surface area contributed by atoms with Crippen LogP contribution in [0, 0.1) is 5.92 Å². The van der Waals surface area contributed by atoms with E-state index in [-0.39, 0.29) is 5.91 Å². The molecule has 4 nitrogen and oxygen atoms in total. The lowest BCUT2D eigenvalue weighted by Crippen LogP contribution is -2.15. The van der Waals surface area contributed by atoms with Crippen LogP contribution in [-0.2, 0) is 15.6 Å². The Kier molecular flexibility index (Phi) is 6.56. The quantitative estimate of drug-likeness (QED) is 0.754. The van der Waals surface area contributed by atoms with Crippen molar-refractivity contribution in [2.45, 2.75) is 26.7 Å². The summed E-state index contributed by atoms with van der Waals surface area (Å²) in [6.07, 6.45) is 1.01. The maximum Gasteiger partial charge on any atom is 0.224 e. The first-order valence-corrected chi connectivity index (χ1v) is 7.97. The Hall–Kier alpha value is -1.36. The Balaban J connectivity index is 2.29. The molecule has 3 N–H and O–H groups in total. The van der Waals surface area contributed by atoms with Crippen molar-refractivity contribution in [3.63, 3.8) is 0 Å². The van der Waals surface area contributed by atoms with Crippen LogP contribution in [-0.4, -0.2) is 21.6 Å². The average Bonchev–Trinajstić information content (AvgIpc) is 2.31. The number of carbonyl (C=O) groups is 1. The van der Waals surface area contributed by atoms with Gasteiger partial charge >= 0.3 is 0 Å². The van der Waals surface area contributed by atoms with Crippen LogP contribution in [0.5, 0.6) is 0 Å². The van der Waals surface area contributed by atoms with E-state index in [4.69, 9.17) is 5.73 Å². The van der Waals surface area contributed by atoms with Gasteiger partial charge in [0.05, 0.1) is 11.4 Å². The van der Waals surface area contributed by atoms with Gasteiger partial charge in [0.15, 0.2) is 0 Å². The molecule has 1 aromatic rings. The minimum Gasteiger partial charge on any atom is -0.397 e. The van der Waals surface area contributed by atoms with Gasteiger partial charge in [0.25, 0.3) is 0 Å². The van der Waals surface area contributed by atoms with Crippen molar-refractivity contribution in [3.8, 4) is 0 Å². The minimum atomic E-state index is -0.822. The van der Waals surface area contributed by atoms with E-state index in [1.165, 1.54) is 0 Å². The summed E-state index contributed by atoms with van der Waals surface area (Å²) in [6.45, 7) is 4.09. The summed E-state index contributed by atoms with van der Waals surface area (Å²) in [7, 11) is -0.822. The van der Waals surface area contributed by atoms with Crippen molar-refractivity contribution in [3.05, 3.63) is 24.3 Å². The zero-order valence-electron chi connectivity index (χ0n) is 11.5. The molecule has 0 aliphatic carbocycles. The number of benzene rings is 1. The smallest absolute Gasteiger partial charge is 0.224 e. The first kappa shape index (κ1) is 15.7. The molecular formula is C14H22N2O2S. The van der Waals surface area contributed by atoms with Gasteiger partial charge in [-0.25, -0.2) is 0 Å². The zero-order chi connectivity index (χ0) is 14.3. The Morgan fingerprint density at radius 2 is 2.05 bits per heavy atom. The Bertz CT molecular complexity index is 447. The first-order chi connectivity index (χ1) is 8.99. The average molecular weight is 282 g/mol. The van der Waals surface area contributed by atoms with Gasteiger partial charge in [-0.15, -0.1) is 0 Å². The summed E-state index contributed by atoms with van der Waals surface area (Å²) >= 11 is 0. The molecule has 0 fully saturated rings. The van der Waals surface area contributed by atoms with Gasteiger partial charge < -0.3 is 11.1 Å². The molecule has 0 aliphatic heterocycles. The molecule has 19 heavy (non-hydrogen) atoms. The van der Waals surface area contributed by atoms with Crippen LogP contribution in [0.4, 0.5) is 11.4 Å². The zero-order valence-corrected chi connectivity index (χ0v) is 12.3. The van der Waals surface area contributed by atoms with Crippen LogP contribution >= 0.6 is 0 Å². The summed E-state index contributed by atoms with van der Waals surface area (Å²) in [5.41, 5.74) is 6.93. The van der Waals surface area contributed by atoms with Gasteiger partial charge in [-0.2, -0.15) is 0 Å². The highest BCUT2D eigenvalue weighted by molar-refractivity contribution is 7.84. The van der Waals surface area contributed by atoms with Crippen molar-refractivity contribution in [2.75, 3.05) is 22.6 Å². The van der Waals surface area contributed by atoms with Crippen molar-refractivity contribution in [1.82, 2.24) is 0 Å². The van der Waals surface area contributed by atoms with Crippen molar-refractivity contribution in [1.29, 1.82) is 0 Å². The normalized spacial score (nSPS) is 12.4. The number of hydrogen-bond acceptors (Lipinski definition) is 3. The van der Waals surface area contributed by atoms with E-state index in [0.29, 0.717) is 41.6 Å². The van der Waals surface area contributed by atoms with Crippen LogP contribution in [0.3, 0.4) is 0 Å². The summed E-state index contributed by atoms with van der Waals surface area (Å²) in [4.78, 5) is 11.7. The van der Waals surface area contributed by atoms with Gasteiger partial charge in [0.2, 0.25) is 5.91 Å². The number of anilines is 2. The lowest BCUT2D eigenvalue weighted by molar-refractivity contribution is -0.116. The second-order valence-corrected chi connectivity index (χ2v) is 6.56. The molecule has 1 rings (SSSR count). The summed E-state index contributed by atoms with van der Waals surface area (Å²) in [5.74, 6) is 1.63. The molecule has 0 radical (unpaired) electrons. The van der Waals surface area contributed by atoms with E-state index < -0.39 is 10.8 Å². The Morgan fingerprint density at radius 1 is 1.37 bits per heavy atom. The lowest BCUT2D eigenvalue weighted by Gasteiger charge is -2.08. The van der Waals surface area contributed by atoms with Crippen LogP contribution in [0.15, 0.2) is 24.3 Å². The van der Waals surface area contributed by atoms with Gasteiger partial charge in [-0.1, -0.05) is 26.0 Å². The van der Waals surface area contributed by atoms with E-state index in [9.17, 15) is 9.00 Å². The number of nitrogens with two attached hydrogens (primary N) is 1. The molecule has 106 valence electrons. The Morgan fingerprint density at radius 3 is 2.68 bits per heavy atom. The maximum absolute atomic E-state index is 11.7. The highest BCUT2D eigenvalue weighted by Gasteiger charge is 2.07.